The molecule has 2 aliphatic rings. The van der Waals surface area contributed by atoms with Crippen LogP contribution in [0.15, 0.2) is 119 Å². The zero-order valence-corrected chi connectivity index (χ0v) is 26.2. The van der Waals surface area contributed by atoms with Crippen LogP contribution in [-0.4, -0.2) is 34.6 Å². The molecule has 1 amide bonds. The van der Waals surface area contributed by atoms with E-state index in [9.17, 15) is 34.8 Å². The lowest BCUT2D eigenvalue weighted by Crippen LogP contribution is -2.47. The predicted octanol–water partition coefficient (Wildman–Crippen LogP) is 4.97. The molecule has 4 atom stereocenters. The van der Waals surface area contributed by atoms with Gasteiger partial charge in [0.15, 0.2) is 0 Å². The number of rotatable bonds is 9. The van der Waals surface area contributed by atoms with E-state index in [0.717, 1.165) is 29.3 Å². The molecule has 3 N–H and O–H groups in total. The fourth-order valence-corrected chi connectivity index (χ4v) is 8.45. The third-order valence-corrected chi connectivity index (χ3v) is 11.3. The molecular weight excluding hydrogens is 654 g/mol. The van der Waals surface area contributed by atoms with E-state index < -0.39 is 59.9 Å². The summed E-state index contributed by atoms with van der Waals surface area (Å²) in [5.41, 5.74) is 1.63. The molecule has 2 aliphatic heterocycles. The lowest BCUT2D eigenvalue weighted by Gasteiger charge is -2.23. The Labute approximate surface area is 270 Å². The number of carbonyl (C=O) groups excluding carboxylic acids is 1. The van der Waals surface area contributed by atoms with E-state index in [-0.39, 0.29) is 24.7 Å². The second kappa shape index (κ2) is 12.6. The van der Waals surface area contributed by atoms with Crippen molar-refractivity contribution >= 4 is 31.8 Å². The van der Waals surface area contributed by atoms with Crippen LogP contribution in [0.25, 0.3) is 0 Å². The summed E-state index contributed by atoms with van der Waals surface area (Å²) in [5.74, 6) is -0.324. The summed E-state index contributed by atoms with van der Waals surface area (Å²) in [6.07, 6.45) is -4.95. The third kappa shape index (κ3) is 7.09. The molecule has 14 heteroatoms. The number of alkyl halides is 3. The minimum atomic E-state index is -4.75. The van der Waals surface area contributed by atoms with Gasteiger partial charge in [0.25, 0.3) is 0 Å². The number of hydrogen-bond acceptors (Lipinski definition) is 7. The minimum absolute atomic E-state index is 0.0158. The van der Waals surface area contributed by atoms with Crippen LogP contribution in [0.4, 0.5) is 13.2 Å². The first-order chi connectivity index (χ1) is 22.3. The first-order valence-electron chi connectivity index (χ1n) is 14.6. The highest BCUT2D eigenvalue weighted by Crippen LogP contribution is 2.37. The second-order valence-corrected chi connectivity index (χ2v) is 14.9. The summed E-state index contributed by atoms with van der Waals surface area (Å²) >= 11 is 0. The van der Waals surface area contributed by atoms with E-state index in [0.29, 0.717) is 17.2 Å². The topological polar surface area (TPSA) is 134 Å². The van der Waals surface area contributed by atoms with Crippen LogP contribution in [0.5, 0.6) is 0 Å². The van der Waals surface area contributed by atoms with Crippen LogP contribution >= 0.6 is 0 Å². The summed E-state index contributed by atoms with van der Waals surface area (Å²) in [7, 11) is -8.38. The SMILES string of the molecule is O=C1CC(c2ccc(CC(NS(=O)(=O)c3cccc(C(F)(F)F)c3)C3=N[C@H](c4ccccc4)[C@H](c4ccccc4)N3)cc2)S(=O)(=O)N1. The largest absolute Gasteiger partial charge is 0.416 e. The Hall–Kier alpha value is -4.53. The van der Waals surface area contributed by atoms with Crippen LogP contribution < -0.4 is 14.8 Å². The Morgan fingerprint density at radius 3 is 2.09 bits per heavy atom. The van der Waals surface area contributed by atoms with Crippen molar-refractivity contribution in [3.63, 3.8) is 0 Å². The van der Waals surface area contributed by atoms with Crippen molar-refractivity contribution in [2.45, 2.75) is 47.3 Å². The summed E-state index contributed by atoms with van der Waals surface area (Å²) in [6.45, 7) is 0. The standard InChI is InChI=1S/C33H29F3N4O5S2/c34-33(35,36)25-12-7-13-26(19-25)46(42,43)39-27(18-21-14-16-22(17-15-21)28-20-29(41)40-47(28,44)45)32-37-30(23-8-3-1-4-9-23)31(38-32)24-10-5-2-6-11-24/h1-17,19,27-28,30-31,39H,18,20H2,(H,37,38)(H,40,41)/t27?,28?,30-,31+. The quantitative estimate of drug-likeness (QED) is 0.228. The van der Waals surface area contributed by atoms with Crippen molar-refractivity contribution in [2.75, 3.05) is 0 Å². The lowest BCUT2D eigenvalue weighted by molar-refractivity contribution is -0.137. The number of amides is 1. The van der Waals surface area contributed by atoms with Crippen molar-refractivity contribution in [2.24, 2.45) is 4.99 Å². The Balaban J connectivity index is 1.37. The maximum absolute atomic E-state index is 13.6. The maximum Gasteiger partial charge on any atom is 0.416 e. The molecule has 1 saturated heterocycles. The van der Waals surface area contributed by atoms with E-state index in [2.05, 4.69) is 10.0 Å². The van der Waals surface area contributed by atoms with Gasteiger partial charge < -0.3 is 5.32 Å². The van der Waals surface area contributed by atoms with Gasteiger partial charge in [-0.2, -0.15) is 13.2 Å². The molecular formula is C33H29F3N4O5S2. The van der Waals surface area contributed by atoms with Crippen molar-refractivity contribution < 1.29 is 34.8 Å². The molecule has 2 heterocycles. The van der Waals surface area contributed by atoms with Crippen molar-refractivity contribution in [3.8, 4) is 0 Å². The minimum Gasteiger partial charge on any atom is -0.363 e. The number of aliphatic imine (C=N–C) groups is 1. The van der Waals surface area contributed by atoms with Gasteiger partial charge in [-0.15, -0.1) is 0 Å². The molecule has 1 fully saturated rings. The summed E-state index contributed by atoms with van der Waals surface area (Å²) in [5, 5.41) is 2.32. The molecule has 0 bridgehead atoms. The average molecular weight is 683 g/mol. The van der Waals surface area contributed by atoms with Gasteiger partial charge in [0, 0.05) is 0 Å². The number of amidine groups is 1. The first-order valence-corrected chi connectivity index (χ1v) is 17.6. The number of sulfonamides is 2. The number of halogens is 3. The van der Waals surface area contributed by atoms with E-state index >= 15 is 0 Å². The van der Waals surface area contributed by atoms with Crippen molar-refractivity contribution in [1.29, 1.82) is 0 Å². The Kier molecular flexibility index (Phi) is 8.68. The number of carbonyl (C=O) groups is 1. The van der Waals surface area contributed by atoms with E-state index in [1.54, 1.807) is 24.3 Å². The average Bonchev–Trinajstić information content (AvgIpc) is 3.61. The highest BCUT2D eigenvalue weighted by molar-refractivity contribution is 7.90. The van der Waals surface area contributed by atoms with Gasteiger partial charge in [-0.1, -0.05) is 91.0 Å². The molecule has 0 aromatic heterocycles. The number of nitrogens with zero attached hydrogens (tertiary/aromatic N) is 1. The Bertz CT molecular complexity index is 2020. The fourth-order valence-electron chi connectivity index (χ4n) is 5.77. The molecule has 0 saturated carbocycles. The summed E-state index contributed by atoms with van der Waals surface area (Å²) < 4.78 is 97.0. The van der Waals surface area contributed by atoms with Gasteiger partial charge in [0.05, 0.1) is 29.0 Å². The predicted molar refractivity (Wildman–Crippen MR) is 169 cm³/mol. The van der Waals surface area contributed by atoms with Gasteiger partial charge in [0.2, 0.25) is 26.0 Å². The van der Waals surface area contributed by atoms with E-state index in [1.165, 1.54) is 0 Å². The molecule has 244 valence electrons. The molecule has 0 aliphatic carbocycles. The fraction of sp³-hybridized carbons (Fsp3) is 0.212. The highest BCUT2D eigenvalue weighted by atomic mass is 32.2. The maximum atomic E-state index is 13.6. The van der Waals surface area contributed by atoms with Crippen LogP contribution in [-0.2, 0) is 37.4 Å². The molecule has 6 rings (SSSR count). The molecule has 4 aromatic carbocycles. The van der Waals surface area contributed by atoms with Gasteiger partial charge >= 0.3 is 6.18 Å². The molecule has 2 unspecified atom stereocenters. The van der Waals surface area contributed by atoms with E-state index in [4.69, 9.17) is 4.99 Å². The van der Waals surface area contributed by atoms with Crippen LogP contribution in [0.1, 0.15) is 51.6 Å². The highest BCUT2D eigenvalue weighted by Gasteiger charge is 2.39. The van der Waals surface area contributed by atoms with E-state index in [1.807, 2.05) is 65.4 Å². The van der Waals surface area contributed by atoms with Crippen LogP contribution in [0.2, 0.25) is 0 Å². The van der Waals surface area contributed by atoms with Crippen LogP contribution in [0, 0.1) is 0 Å². The molecule has 9 nitrogen and oxygen atoms in total. The van der Waals surface area contributed by atoms with Crippen molar-refractivity contribution in [1.82, 2.24) is 14.8 Å². The number of hydrogen-bond donors (Lipinski definition) is 3. The summed E-state index contributed by atoms with van der Waals surface area (Å²) in [6, 6.07) is 26.8. The lowest BCUT2D eigenvalue weighted by atomic mass is 9.95. The van der Waals surface area contributed by atoms with Crippen molar-refractivity contribution in [3.05, 3.63) is 137 Å². The van der Waals surface area contributed by atoms with Gasteiger partial charge in [-0.25, -0.2) is 21.6 Å². The first kappa shape index (κ1) is 32.4. The van der Waals surface area contributed by atoms with Gasteiger partial charge in [-0.05, 0) is 46.9 Å². The molecule has 4 aromatic rings. The number of benzene rings is 4. The normalized spacial score (nSPS) is 21.5. The molecule has 47 heavy (non-hydrogen) atoms. The van der Waals surface area contributed by atoms with Gasteiger partial charge in [-0.3, -0.25) is 14.5 Å². The Morgan fingerprint density at radius 1 is 0.851 bits per heavy atom. The van der Waals surface area contributed by atoms with Crippen LogP contribution in [0.3, 0.4) is 0 Å². The molecule has 0 radical (unpaired) electrons. The monoisotopic (exact) mass is 682 g/mol. The third-order valence-electron chi connectivity index (χ3n) is 8.09. The second-order valence-electron chi connectivity index (χ2n) is 11.3. The van der Waals surface area contributed by atoms with Gasteiger partial charge in [0.1, 0.15) is 17.1 Å². The smallest absolute Gasteiger partial charge is 0.363 e. The Morgan fingerprint density at radius 2 is 1.49 bits per heavy atom. The zero-order valence-electron chi connectivity index (χ0n) is 24.6. The zero-order chi connectivity index (χ0) is 33.4. The number of nitrogens with one attached hydrogen (secondary N) is 3. The summed E-state index contributed by atoms with van der Waals surface area (Å²) in [4.78, 5) is 16.1. The molecule has 0 spiro atoms.